The molecule has 0 saturated carbocycles. The molecule has 0 radical (unpaired) electrons. The van der Waals surface area contributed by atoms with Gasteiger partial charge in [0.15, 0.2) is 5.78 Å². The standard InChI is InChI=1S/C10H16N2O2S/c1-4-14-6-5-11-10-9(8(3)13)7(2)12-15-10/h11H,4-6H2,1-3H3. The average molecular weight is 228 g/mol. The first-order chi connectivity index (χ1) is 7.16. The zero-order valence-electron chi connectivity index (χ0n) is 9.29. The van der Waals surface area contributed by atoms with E-state index >= 15 is 0 Å². The molecule has 0 aliphatic carbocycles. The molecule has 0 aliphatic heterocycles. The van der Waals surface area contributed by atoms with Gasteiger partial charge in [-0.2, -0.15) is 4.37 Å². The van der Waals surface area contributed by atoms with Gasteiger partial charge in [-0.3, -0.25) is 4.79 Å². The number of rotatable bonds is 6. The lowest BCUT2D eigenvalue weighted by atomic mass is 10.2. The Kier molecular flexibility index (Phi) is 4.71. The summed E-state index contributed by atoms with van der Waals surface area (Å²) in [5.41, 5.74) is 1.50. The van der Waals surface area contributed by atoms with E-state index in [2.05, 4.69) is 9.69 Å². The molecule has 1 rings (SSSR count). The Morgan fingerprint density at radius 3 is 2.93 bits per heavy atom. The highest BCUT2D eigenvalue weighted by Gasteiger charge is 2.13. The lowest BCUT2D eigenvalue weighted by Gasteiger charge is -2.04. The van der Waals surface area contributed by atoms with Crippen LogP contribution in [0.15, 0.2) is 0 Å². The fraction of sp³-hybridized carbons (Fsp3) is 0.600. The molecule has 1 heterocycles. The number of aryl methyl sites for hydroxylation is 1. The maximum Gasteiger partial charge on any atom is 0.164 e. The molecule has 0 atom stereocenters. The van der Waals surface area contributed by atoms with Gasteiger partial charge in [0.05, 0.1) is 17.9 Å². The quantitative estimate of drug-likeness (QED) is 0.598. The first kappa shape index (κ1) is 12.1. The van der Waals surface area contributed by atoms with Crippen molar-refractivity contribution >= 4 is 22.3 Å². The molecule has 1 aromatic heterocycles. The van der Waals surface area contributed by atoms with Crippen molar-refractivity contribution in [1.29, 1.82) is 0 Å². The maximum absolute atomic E-state index is 11.3. The minimum atomic E-state index is 0.0557. The number of ketones is 1. The third-order valence-corrected chi connectivity index (χ3v) is 2.85. The van der Waals surface area contributed by atoms with Crippen LogP contribution in [0.4, 0.5) is 5.00 Å². The Morgan fingerprint density at radius 1 is 1.60 bits per heavy atom. The lowest BCUT2D eigenvalue weighted by molar-refractivity contribution is 0.101. The van der Waals surface area contributed by atoms with Gasteiger partial charge >= 0.3 is 0 Å². The number of nitrogens with one attached hydrogen (secondary N) is 1. The molecule has 1 N–H and O–H groups in total. The predicted molar refractivity (Wildman–Crippen MR) is 61.8 cm³/mol. The zero-order valence-corrected chi connectivity index (χ0v) is 10.1. The van der Waals surface area contributed by atoms with Crippen LogP contribution in [0.5, 0.6) is 0 Å². The van der Waals surface area contributed by atoms with Crippen molar-refractivity contribution in [2.45, 2.75) is 20.8 Å². The summed E-state index contributed by atoms with van der Waals surface area (Å²) >= 11 is 1.33. The molecule has 15 heavy (non-hydrogen) atoms. The average Bonchev–Trinajstić information content (AvgIpc) is 2.54. The molecule has 0 saturated heterocycles. The number of hydrogen-bond acceptors (Lipinski definition) is 5. The molecule has 0 unspecified atom stereocenters. The molecule has 0 bridgehead atoms. The van der Waals surface area contributed by atoms with Crippen LogP contribution in [0, 0.1) is 6.92 Å². The molecular formula is C10H16N2O2S. The topological polar surface area (TPSA) is 51.2 Å². The van der Waals surface area contributed by atoms with Crippen molar-refractivity contribution in [1.82, 2.24) is 4.37 Å². The van der Waals surface area contributed by atoms with Gasteiger partial charge in [0.2, 0.25) is 0 Å². The van der Waals surface area contributed by atoms with Crippen molar-refractivity contribution in [3.05, 3.63) is 11.3 Å². The van der Waals surface area contributed by atoms with Gasteiger partial charge < -0.3 is 10.1 Å². The van der Waals surface area contributed by atoms with Crippen LogP contribution in [0.2, 0.25) is 0 Å². The summed E-state index contributed by atoms with van der Waals surface area (Å²) in [6, 6.07) is 0. The third-order valence-electron chi connectivity index (χ3n) is 1.95. The van der Waals surface area contributed by atoms with Gasteiger partial charge in [-0.15, -0.1) is 0 Å². The maximum atomic E-state index is 11.3. The van der Waals surface area contributed by atoms with Gasteiger partial charge in [-0.05, 0) is 32.3 Å². The van der Waals surface area contributed by atoms with Crippen molar-refractivity contribution in [2.75, 3.05) is 25.1 Å². The van der Waals surface area contributed by atoms with Crippen LogP contribution in [0.25, 0.3) is 0 Å². The lowest BCUT2D eigenvalue weighted by Crippen LogP contribution is -2.10. The van der Waals surface area contributed by atoms with Crippen molar-refractivity contribution in [3.63, 3.8) is 0 Å². The highest BCUT2D eigenvalue weighted by molar-refractivity contribution is 7.10. The fourth-order valence-electron chi connectivity index (χ4n) is 1.29. The highest BCUT2D eigenvalue weighted by atomic mass is 32.1. The van der Waals surface area contributed by atoms with Crippen LogP contribution < -0.4 is 5.32 Å². The molecule has 0 amide bonds. The summed E-state index contributed by atoms with van der Waals surface area (Å²) in [6.45, 7) is 7.42. The van der Waals surface area contributed by atoms with E-state index in [9.17, 15) is 4.79 Å². The van der Waals surface area contributed by atoms with E-state index in [1.807, 2.05) is 13.8 Å². The number of anilines is 1. The van der Waals surface area contributed by atoms with Crippen molar-refractivity contribution in [2.24, 2.45) is 0 Å². The number of hydrogen-bond donors (Lipinski definition) is 1. The normalized spacial score (nSPS) is 10.3. The van der Waals surface area contributed by atoms with E-state index in [0.717, 1.165) is 10.7 Å². The van der Waals surface area contributed by atoms with Crippen LogP contribution in [0.1, 0.15) is 29.9 Å². The summed E-state index contributed by atoms with van der Waals surface area (Å²) in [4.78, 5) is 11.3. The minimum Gasteiger partial charge on any atom is -0.380 e. The van der Waals surface area contributed by atoms with Crippen LogP contribution in [-0.4, -0.2) is 29.9 Å². The molecule has 0 spiro atoms. The van der Waals surface area contributed by atoms with E-state index in [1.54, 1.807) is 6.92 Å². The van der Waals surface area contributed by atoms with Gasteiger partial charge in [-0.25, -0.2) is 0 Å². The van der Waals surface area contributed by atoms with Gasteiger partial charge in [0.25, 0.3) is 0 Å². The molecule has 0 aliphatic rings. The number of ether oxygens (including phenoxy) is 1. The van der Waals surface area contributed by atoms with E-state index in [4.69, 9.17) is 4.74 Å². The Bertz CT molecular complexity index is 336. The van der Waals surface area contributed by atoms with E-state index in [0.29, 0.717) is 25.3 Å². The molecule has 5 heteroatoms. The largest absolute Gasteiger partial charge is 0.380 e. The van der Waals surface area contributed by atoms with E-state index in [-0.39, 0.29) is 5.78 Å². The van der Waals surface area contributed by atoms with E-state index in [1.165, 1.54) is 11.5 Å². The Morgan fingerprint density at radius 2 is 2.33 bits per heavy atom. The van der Waals surface area contributed by atoms with Crippen LogP contribution in [-0.2, 0) is 4.74 Å². The smallest absolute Gasteiger partial charge is 0.164 e. The van der Waals surface area contributed by atoms with Crippen molar-refractivity contribution in [3.8, 4) is 0 Å². The summed E-state index contributed by atoms with van der Waals surface area (Å²) in [5.74, 6) is 0.0557. The SMILES string of the molecule is CCOCCNc1snc(C)c1C(C)=O. The Balaban J connectivity index is 2.57. The number of carbonyl (C=O) groups is 1. The van der Waals surface area contributed by atoms with Gasteiger partial charge in [0, 0.05) is 13.2 Å². The van der Waals surface area contributed by atoms with E-state index < -0.39 is 0 Å². The highest BCUT2D eigenvalue weighted by Crippen LogP contribution is 2.24. The first-order valence-corrected chi connectivity index (χ1v) is 5.73. The van der Waals surface area contributed by atoms with Gasteiger partial charge in [0.1, 0.15) is 5.00 Å². The second-order valence-corrected chi connectivity index (χ2v) is 3.93. The Hall–Kier alpha value is -0.940. The van der Waals surface area contributed by atoms with Crippen molar-refractivity contribution < 1.29 is 9.53 Å². The molecule has 1 aromatic rings. The number of nitrogens with zero attached hydrogens (tertiary/aromatic N) is 1. The van der Waals surface area contributed by atoms with Crippen LogP contribution >= 0.6 is 11.5 Å². The molecular weight excluding hydrogens is 212 g/mol. The summed E-state index contributed by atoms with van der Waals surface area (Å²) < 4.78 is 9.35. The molecule has 4 nitrogen and oxygen atoms in total. The van der Waals surface area contributed by atoms with Crippen LogP contribution in [0.3, 0.4) is 0 Å². The second kappa shape index (κ2) is 5.82. The number of aromatic nitrogens is 1. The summed E-state index contributed by atoms with van der Waals surface area (Å²) in [5, 5.41) is 4.01. The predicted octanol–water partition coefficient (Wildman–Crippen LogP) is 2.10. The number of carbonyl (C=O) groups excluding carboxylic acids is 1. The molecule has 84 valence electrons. The monoisotopic (exact) mass is 228 g/mol. The second-order valence-electron chi connectivity index (χ2n) is 3.15. The summed E-state index contributed by atoms with van der Waals surface area (Å²) in [7, 11) is 0. The fourth-order valence-corrected chi connectivity index (χ4v) is 2.15. The zero-order chi connectivity index (χ0) is 11.3. The third kappa shape index (κ3) is 3.28. The number of Topliss-reactive ketones (excluding diaryl/α,β-unsaturated/α-hetero) is 1. The summed E-state index contributed by atoms with van der Waals surface area (Å²) in [6.07, 6.45) is 0. The first-order valence-electron chi connectivity index (χ1n) is 4.95. The van der Waals surface area contributed by atoms with Gasteiger partial charge in [-0.1, -0.05) is 0 Å². The minimum absolute atomic E-state index is 0.0557. The molecule has 0 aromatic carbocycles. The Labute approximate surface area is 93.8 Å². The molecule has 0 fully saturated rings.